The largest absolute Gasteiger partial charge is 0.338 e. The molecule has 3 rings (SSSR count). The highest BCUT2D eigenvalue weighted by atomic mass is 32.2. The van der Waals surface area contributed by atoms with Gasteiger partial charge >= 0.3 is 0 Å². The number of nitrogens with zero attached hydrogens (tertiary/aromatic N) is 5. The summed E-state index contributed by atoms with van der Waals surface area (Å²) in [5.41, 5.74) is 3.01. The number of aryl methyl sites for hydroxylation is 2. The van der Waals surface area contributed by atoms with Gasteiger partial charge in [0, 0.05) is 12.6 Å². The Labute approximate surface area is 163 Å². The van der Waals surface area contributed by atoms with Crippen LogP contribution in [0.5, 0.6) is 0 Å². The van der Waals surface area contributed by atoms with Crippen LogP contribution in [0.3, 0.4) is 0 Å². The number of rotatable bonds is 6. The van der Waals surface area contributed by atoms with Gasteiger partial charge in [-0.3, -0.25) is 4.79 Å². The van der Waals surface area contributed by atoms with Crippen molar-refractivity contribution < 1.29 is 13.2 Å². The molecule has 0 bridgehead atoms. The Hall–Kier alpha value is -1.94. The standard InChI is InChI=1S/C17H23N5O3S2/c1-4-21(14-7-8-27(24,25)11-14)16(23)10-26-17-18-19-20-22(17)15-9-12(2)5-6-13(15)3/h5-6,9,14H,4,7-8,10-11H2,1-3H3/t14-/m1/s1. The monoisotopic (exact) mass is 409 g/mol. The first-order valence-corrected chi connectivity index (χ1v) is 11.6. The molecule has 1 aromatic carbocycles. The third kappa shape index (κ3) is 4.49. The van der Waals surface area contributed by atoms with Crippen LogP contribution >= 0.6 is 11.8 Å². The number of tetrazole rings is 1. The zero-order chi connectivity index (χ0) is 19.6. The second kappa shape index (κ2) is 7.97. The molecule has 1 aromatic heterocycles. The topological polar surface area (TPSA) is 98.1 Å². The Kier molecular flexibility index (Phi) is 5.85. The normalized spacial score (nSPS) is 18.6. The van der Waals surface area contributed by atoms with Crippen molar-refractivity contribution in [2.24, 2.45) is 0 Å². The molecule has 0 aliphatic carbocycles. The average molecular weight is 410 g/mol. The van der Waals surface area contributed by atoms with E-state index in [1.807, 2.05) is 39.0 Å². The lowest BCUT2D eigenvalue weighted by Gasteiger charge is -2.26. The molecular weight excluding hydrogens is 386 g/mol. The van der Waals surface area contributed by atoms with Crippen LogP contribution < -0.4 is 0 Å². The van der Waals surface area contributed by atoms with Crippen LogP contribution in [0.25, 0.3) is 5.69 Å². The van der Waals surface area contributed by atoms with Gasteiger partial charge in [-0.15, -0.1) is 5.10 Å². The molecule has 8 nitrogen and oxygen atoms in total. The van der Waals surface area contributed by atoms with E-state index >= 15 is 0 Å². The summed E-state index contributed by atoms with van der Waals surface area (Å²) in [6, 6.07) is 5.79. The Balaban J connectivity index is 1.71. The minimum absolute atomic E-state index is 0.0530. The zero-order valence-corrected chi connectivity index (χ0v) is 17.3. The van der Waals surface area contributed by atoms with Crippen molar-refractivity contribution in [2.75, 3.05) is 23.8 Å². The first-order valence-electron chi connectivity index (χ1n) is 8.79. The molecule has 1 atom stereocenters. The fourth-order valence-corrected chi connectivity index (χ4v) is 5.74. The quantitative estimate of drug-likeness (QED) is 0.665. The molecule has 10 heteroatoms. The molecule has 146 valence electrons. The number of hydrogen-bond donors (Lipinski definition) is 0. The van der Waals surface area contributed by atoms with Crippen LogP contribution in [0, 0.1) is 13.8 Å². The molecule has 0 N–H and O–H groups in total. The first-order chi connectivity index (χ1) is 12.8. The highest BCUT2D eigenvalue weighted by molar-refractivity contribution is 7.99. The van der Waals surface area contributed by atoms with E-state index < -0.39 is 9.84 Å². The van der Waals surface area contributed by atoms with E-state index in [4.69, 9.17) is 0 Å². The van der Waals surface area contributed by atoms with Gasteiger partial charge in [-0.1, -0.05) is 23.9 Å². The van der Waals surface area contributed by atoms with Crippen molar-refractivity contribution in [3.63, 3.8) is 0 Å². The van der Waals surface area contributed by atoms with E-state index in [0.717, 1.165) is 16.8 Å². The lowest BCUT2D eigenvalue weighted by Crippen LogP contribution is -2.42. The maximum atomic E-state index is 12.7. The Morgan fingerprint density at radius 3 is 2.81 bits per heavy atom. The third-order valence-corrected chi connectivity index (χ3v) is 7.32. The van der Waals surface area contributed by atoms with Gasteiger partial charge in [0.15, 0.2) is 9.84 Å². The van der Waals surface area contributed by atoms with Gasteiger partial charge < -0.3 is 4.90 Å². The van der Waals surface area contributed by atoms with Gasteiger partial charge in [-0.25, -0.2) is 8.42 Å². The number of aromatic nitrogens is 4. The highest BCUT2D eigenvalue weighted by Gasteiger charge is 2.33. The molecule has 1 aliphatic heterocycles. The summed E-state index contributed by atoms with van der Waals surface area (Å²) in [4.78, 5) is 14.3. The fraction of sp³-hybridized carbons (Fsp3) is 0.529. The smallest absolute Gasteiger partial charge is 0.233 e. The van der Waals surface area contributed by atoms with Gasteiger partial charge in [0.1, 0.15) is 0 Å². The summed E-state index contributed by atoms with van der Waals surface area (Å²) in [6.07, 6.45) is 0.507. The van der Waals surface area contributed by atoms with E-state index in [1.165, 1.54) is 11.8 Å². The molecule has 0 spiro atoms. The number of thioether (sulfide) groups is 1. The molecule has 0 saturated carbocycles. The van der Waals surface area contributed by atoms with Crippen molar-refractivity contribution in [2.45, 2.75) is 38.4 Å². The number of carbonyl (C=O) groups is 1. The number of benzene rings is 1. The number of hydrogen-bond acceptors (Lipinski definition) is 7. The summed E-state index contributed by atoms with van der Waals surface area (Å²) in [5.74, 6) is 0.271. The number of carbonyl (C=O) groups excluding carboxylic acids is 1. The van der Waals surface area contributed by atoms with Gasteiger partial charge in [0.2, 0.25) is 11.1 Å². The van der Waals surface area contributed by atoms with Crippen LogP contribution in [0.2, 0.25) is 0 Å². The average Bonchev–Trinajstić information content (AvgIpc) is 3.22. The summed E-state index contributed by atoms with van der Waals surface area (Å²) in [5, 5.41) is 12.4. The van der Waals surface area contributed by atoms with Crippen molar-refractivity contribution in [3.8, 4) is 5.69 Å². The Morgan fingerprint density at radius 1 is 1.37 bits per heavy atom. The van der Waals surface area contributed by atoms with E-state index in [-0.39, 0.29) is 29.2 Å². The predicted molar refractivity (Wildman–Crippen MR) is 104 cm³/mol. The zero-order valence-electron chi connectivity index (χ0n) is 15.6. The maximum absolute atomic E-state index is 12.7. The first kappa shape index (κ1) is 19.8. The van der Waals surface area contributed by atoms with Crippen molar-refractivity contribution >= 4 is 27.5 Å². The Bertz CT molecular complexity index is 942. The molecule has 1 amide bonds. The molecule has 27 heavy (non-hydrogen) atoms. The van der Waals surface area contributed by atoms with E-state index in [0.29, 0.717) is 18.1 Å². The number of sulfone groups is 1. The van der Waals surface area contributed by atoms with Gasteiger partial charge in [-0.05, 0) is 54.8 Å². The van der Waals surface area contributed by atoms with Crippen LogP contribution in [-0.2, 0) is 14.6 Å². The Morgan fingerprint density at radius 2 is 2.15 bits per heavy atom. The van der Waals surface area contributed by atoms with Crippen molar-refractivity contribution in [1.29, 1.82) is 0 Å². The third-order valence-electron chi connectivity index (χ3n) is 4.67. The second-order valence-corrected chi connectivity index (χ2v) is 9.86. The molecule has 2 aromatic rings. The predicted octanol–water partition coefficient (Wildman–Crippen LogP) is 1.41. The highest BCUT2D eigenvalue weighted by Crippen LogP contribution is 2.23. The summed E-state index contributed by atoms with van der Waals surface area (Å²) >= 11 is 1.26. The van der Waals surface area contributed by atoms with Crippen molar-refractivity contribution in [3.05, 3.63) is 29.3 Å². The summed E-state index contributed by atoms with van der Waals surface area (Å²) in [6.45, 7) is 6.34. The molecule has 1 aliphatic rings. The van der Waals surface area contributed by atoms with Crippen LogP contribution in [0.1, 0.15) is 24.5 Å². The minimum Gasteiger partial charge on any atom is -0.338 e. The summed E-state index contributed by atoms with van der Waals surface area (Å²) < 4.78 is 25.1. The molecule has 0 radical (unpaired) electrons. The van der Waals surface area contributed by atoms with Crippen LogP contribution in [0.15, 0.2) is 23.4 Å². The molecular formula is C17H23N5O3S2. The van der Waals surface area contributed by atoms with E-state index in [2.05, 4.69) is 15.5 Å². The fourth-order valence-electron chi connectivity index (χ4n) is 3.24. The minimum atomic E-state index is -3.03. The molecule has 0 unspecified atom stereocenters. The molecule has 1 saturated heterocycles. The van der Waals surface area contributed by atoms with Crippen molar-refractivity contribution in [1.82, 2.24) is 25.1 Å². The van der Waals surface area contributed by atoms with Gasteiger partial charge in [0.05, 0.1) is 22.9 Å². The summed E-state index contributed by atoms with van der Waals surface area (Å²) in [7, 11) is -3.03. The van der Waals surface area contributed by atoms with Crippen LogP contribution in [-0.4, -0.2) is 69.3 Å². The second-order valence-electron chi connectivity index (χ2n) is 6.69. The van der Waals surface area contributed by atoms with Crippen LogP contribution in [0.4, 0.5) is 0 Å². The molecule has 1 fully saturated rings. The maximum Gasteiger partial charge on any atom is 0.233 e. The van der Waals surface area contributed by atoms with E-state index in [9.17, 15) is 13.2 Å². The number of amides is 1. The van der Waals surface area contributed by atoms with E-state index in [1.54, 1.807) is 9.58 Å². The lowest BCUT2D eigenvalue weighted by atomic mass is 10.1. The SMILES string of the molecule is CCN(C(=O)CSc1nnnn1-c1cc(C)ccc1C)[C@@H]1CCS(=O)(=O)C1. The van der Waals surface area contributed by atoms with Gasteiger partial charge in [-0.2, -0.15) is 4.68 Å². The van der Waals surface area contributed by atoms with Gasteiger partial charge in [0.25, 0.3) is 0 Å². The lowest BCUT2D eigenvalue weighted by molar-refractivity contribution is -0.129. The molecule has 2 heterocycles.